The Morgan fingerprint density at radius 1 is 1.64 bits per heavy atom. The number of aliphatic hydroxyl groups excluding tert-OH is 1. The molecule has 1 heterocycles. The number of carbonyl (C=O) groups excluding carboxylic acids is 1. The van der Waals surface area contributed by atoms with Gasteiger partial charge in [-0.3, -0.25) is 0 Å². The van der Waals surface area contributed by atoms with Crippen molar-refractivity contribution in [2.75, 3.05) is 18.1 Å². The van der Waals surface area contributed by atoms with Gasteiger partial charge in [0.05, 0.1) is 5.75 Å². The summed E-state index contributed by atoms with van der Waals surface area (Å²) < 4.78 is 22.1. The standard InChI is InChI=1S/C7H13NO5S/c9-3-6(7(10)11)8-5-1-2-14(12,13)4-5/h5-6,8-9H,1-4H2,(H,10,11)/t5-,6-/m1/s1. The quantitative estimate of drug-likeness (QED) is 0.502. The Hall–Kier alpha value is -0.660. The first-order valence-electron chi connectivity index (χ1n) is 4.32. The van der Waals surface area contributed by atoms with Gasteiger partial charge in [0.15, 0.2) is 9.84 Å². The van der Waals surface area contributed by atoms with Crippen LogP contribution in [0.2, 0.25) is 0 Å². The second-order valence-corrected chi connectivity index (χ2v) is 5.69. The number of hydrogen-bond acceptors (Lipinski definition) is 5. The van der Waals surface area contributed by atoms with E-state index in [-0.39, 0.29) is 17.5 Å². The van der Waals surface area contributed by atoms with Gasteiger partial charge < -0.3 is 20.3 Å². The van der Waals surface area contributed by atoms with Crippen LogP contribution in [-0.4, -0.2) is 49.7 Å². The van der Waals surface area contributed by atoms with E-state index in [0.29, 0.717) is 6.42 Å². The van der Waals surface area contributed by atoms with E-state index >= 15 is 0 Å². The number of nitrogens with two attached hydrogens (primary N) is 1. The summed E-state index contributed by atoms with van der Waals surface area (Å²) in [6.07, 6.45) is 0.437. The lowest BCUT2D eigenvalue weighted by atomic mass is 10.2. The zero-order chi connectivity index (χ0) is 10.8. The van der Waals surface area contributed by atoms with Crippen molar-refractivity contribution < 1.29 is 28.7 Å². The minimum atomic E-state index is -3.00. The molecule has 7 heteroatoms. The third kappa shape index (κ3) is 2.93. The van der Waals surface area contributed by atoms with E-state index in [4.69, 9.17) is 5.11 Å². The van der Waals surface area contributed by atoms with E-state index in [2.05, 4.69) is 0 Å². The predicted molar refractivity (Wildman–Crippen MR) is 44.9 cm³/mol. The molecular weight excluding hydrogens is 210 g/mol. The Labute approximate surface area is 81.8 Å². The summed E-state index contributed by atoms with van der Waals surface area (Å²) in [6, 6.07) is -1.33. The van der Waals surface area contributed by atoms with Gasteiger partial charge in [-0.05, 0) is 0 Å². The maximum Gasteiger partial charge on any atom is 0.156 e. The Balaban J connectivity index is 2.50. The van der Waals surface area contributed by atoms with Crippen LogP contribution < -0.4 is 10.4 Å². The van der Waals surface area contributed by atoms with Crippen molar-refractivity contribution in [1.82, 2.24) is 0 Å². The average molecular weight is 223 g/mol. The lowest BCUT2D eigenvalue weighted by molar-refractivity contribution is -0.712. The predicted octanol–water partition coefficient (Wildman–Crippen LogP) is -4.15. The molecule has 0 saturated carbocycles. The molecule has 1 saturated heterocycles. The van der Waals surface area contributed by atoms with Crippen molar-refractivity contribution in [2.24, 2.45) is 0 Å². The Morgan fingerprint density at radius 3 is 2.64 bits per heavy atom. The third-order valence-corrected chi connectivity index (χ3v) is 4.07. The van der Waals surface area contributed by atoms with Gasteiger partial charge in [-0.1, -0.05) is 0 Å². The summed E-state index contributed by atoms with van der Waals surface area (Å²) in [6.45, 7) is -0.543. The summed E-state index contributed by atoms with van der Waals surface area (Å²) in [4.78, 5) is 10.4. The van der Waals surface area contributed by atoms with E-state index < -0.39 is 28.5 Å². The topological polar surface area (TPSA) is 111 Å². The number of rotatable bonds is 4. The van der Waals surface area contributed by atoms with Gasteiger partial charge in [-0.25, -0.2) is 8.42 Å². The van der Waals surface area contributed by atoms with Crippen molar-refractivity contribution >= 4 is 15.8 Å². The van der Waals surface area contributed by atoms with Gasteiger partial charge in [0, 0.05) is 6.42 Å². The number of sulfone groups is 1. The van der Waals surface area contributed by atoms with Crippen LogP contribution in [-0.2, 0) is 14.6 Å². The van der Waals surface area contributed by atoms with Gasteiger partial charge in [-0.15, -0.1) is 0 Å². The Bertz CT molecular complexity index is 312. The molecule has 82 valence electrons. The van der Waals surface area contributed by atoms with Gasteiger partial charge in [0.25, 0.3) is 0 Å². The van der Waals surface area contributed by atoms with Crippen LogP contribution >= 0.6 is 0 Å². The lowest BCUT2D eigenvalue weighted by Crippen LogP contribution is -2.98. The van der Waals surface area contributed by atoms with Crippen molar-refractivity contribution in [3.63, 3.8) is 0 Å². The summed E-state index contributed by atoms with van der Waals surface area (Å²) in [5.41, 5.74) is 0. The lowest BCUT2D eigenvalue weighted by Gasteiger charge is -2.17. The van der Waals surface area contributed by atoms with Crippen molar-refractivity contribution in [3.8, 4) is 0 Å². The molecule has 0 aromatic rings. The van der Waals surface area contributed by atoms with E-state index in [1.807, 2.05) is 0 Å². The third-order valence-electron chi connectivity index (χ3n) is 2.27. The van der Waals surface area contributed by atoms with Crippen molar-refractivity contribution in [3.05, 3.63) is 0 Å². The van der Waals surface area contributed by atoms with Crippen molar-refractivity contribution in [2.45, 2.75) is 18.5 Å². The van der Waals surface area contributed by atoms with Crippen LogP contribution in [0.15, 0.2) is 0 Å². The average Bonchev–Trinajstić information content (AvgIpc) is 2.41. The van der Waals surface area contributed by atoms with Crippen LogP contribution in [0.25, 0.3) is 0 Å². The number of quaternary nitrogens is 1. The number of aliphatic carboxylic acids is 1. The molecule has 0 radical (unpaired) electrons. The number of aliphatic hydroxyl groups is 1. The first kappa shape index (κ1) is 11.4. The van der Waals surface area contributed by atoms with Gasteiger partial charge in [0.1, 0.15) is 30.4 Å². The summed E-state index contributed by atoms with van der Waals surface area (Å²) in [7, 11) is -3.00. The molecule has 0 aromatic heterocycles. The maximum atomic E-state index is 11.0. The minimum Gasteiger partial charge on any atom is -0.544 e. The summed E-state index contributed by atoms with van der Waals surface area (Å²) >= 11 is 0. The SMILES string of the molecule is O=C([O-])[C@@H](CO)[NH2+][C@@H]1CCS(=O)(=O)C1. The molecule has 6 nitrogen and oxygen atoms in total. The van der Waals surface area contributed by atoms with E-state index in [9.17, 15) is 18.3 Å². The van der Waals surface area contributed by atoms with Crippen LogP contribution in [0, 0.1) is 0 Å². The zero-order valence-electron chi connectivity index (χ0n) is 7.55. The molecule has 0 amide bonds. The highest BCUT2D eigenvalue weighted by Gasteiger charge is 2.32. The minimum absolute atomic E-state index is 0.0171. The fraction of sp³-hybridized carbons (Fsp3) is 0.857. The molecule has 0 unspecified atom stereocenters. The Kier molecular flexibility index (Phi) is 3.46. The number of carboxylic acid groups (broad SMARTS) is 1. The smallest absolute Gasteiger partial charge is 0.156 e. The molecule has 14 heavy (non-hydrogen) atoms. The van der Waals surface area contributed by atoms with Gasteiger partial charge >= 0.3 is 0 Å². The first-order chi connectivity index (χ1) is 6.44. The van der Waals surface area contributed by atoms with Crippen LogP contribution in [0.3, 0.4) is 0 Å². The second-order valence-electron chi connectivity index (χ2n) is 3.46. The maximum absolute atomic E-state index is 11.0. The fourth-order valence-corrected chi connectivity index (χ4v) is 3.28. The Morgan fingerprint density at radius 2 is 2.29 bits per heavy atom. The molecule has 1 aliphatic rings. The van der Waals surface area contributed by atoms with Crippen LogP contribution in [0.1, 0.15) is 6.42 Å². The summed E-state index contributed by atoms with van der Waals surface area (Å²) in [5, 5.41) is 20.5. The zero-order valence-corrected chi connectivity index (χ0v) is 8.37. The highest BCUT2D eigenvalue weighted by Crippen LogP contribution is 2.07. The molecule has 0 aliphatic carbocycles. The second kappa shape index (κ2) is 4.24. The highest BCUT2D eigenvalue weighted by molar-refractivity contribution is 7.91. The number of carboxylic acids is 1. The number of hydrogen-bond donors (Lipinski definition) is 2. The first-order valence-corrected chi connectivity index (χ1v) is 6.14. The largest absolute Gasteiger partial charge is 0.544 e. The molecular formula is C7H13NO5S. The molecule has 0 aromatic carbocycles. The van der Waals surface area contributed by atoms with Crippen LogP contribution in [0.4, 0.5) is 0 Å². The van der Waals surface area contributed by atoms with E-state index in [1.165, 1.54) is 5.32 Å². The van der Waals surface area contributed by atoms with E-state index in [1.54, 1.807) is 0 Å². The van der Waals surface area contributed by atoms with Crippen molar-refractivity contribution in [1.29, 1.82) is 0 Å². The van der Waals surface area contributed by atoms with Crippen LogP contribution in [0.5, 0.6) is 0 Å². The molecule has 2 atom stereocenters. The monoisotopic (exact) mass is 223 g/mol. The van der Waals surface area contributed by atoms with Gasteiger partial charge in [0.2, 0.25) is 0 Å². The fourth-order valence-electron chi connectivity index (χ4n) is 1.52. The molecule has 1 fully saturated rings. The number of carbonyl (C=O) groups is 1. The molecule has 0 bridgehead atoms. The van der Waals surface area contributed by atoms with E-state index in [0.717, 1.165) is 0 Å². The molecule has 0 spiro atoms. The molecule has 1 aliphatic heterocycles. The molecule has 3 N–H and O–H groups in total. The molecule has 1 rings (SSSR count). The highest BCUT2D eigenvalue weighted by atomic mass is 32.2. The van der Waals surface area contributed by atoms with Gasteiger partial charge in [-0.2, -0.15) is 0 Å². The normalized spacial score (nSPS) is 27.4. The summed E-state index contributed by atoms with van der Waals surface area (Å²) in [5.74, 6) is -1.28.